The minimum Gasteiger partial charge on any atom is -0.451 e. The standard InChI is InChI=1S/C20H18ClNO5S2/c1-12-4-6-28-19(12)10-22(14-5-7-29(25,26)11-14)20(24)18-9-16(23)15-8-13(21)2-3-17(15)27-18/h2-4,6,8-9,14H,5,7,10-11H2,1H3. The average Bonchev–Trinajstić information content (AvgIpc) is 3.24. The molecule has 1 amide bonds. The van der Waals surface area contributed by atoms with Crippen molar-refractivity contribution < 1.29 is 17.6 Å². The van der Waals surface area contributed by atoms with E-state index in [2.05, 4.69) is 0 Å². The summed E-state index contributed by atoms with van der Waals surface area (Å²) in [6.07, 6.45) is 0.367. The molecule has 3 aromatic rings. The molecule has 1 fully saturated rings. The van der Waals surface area contributed by atoms with Gasteiger partial charge < -0.3 is 9.32 Å². The molecule has 1 aliphatic rings. The highest BCUT2D eigenvalue weighted by atomic mass is 35.5. The van der Waals surface area contributed by atoms with Gasteiger partial charge in [-0.15, -0.1) is 11.3 Å². The van der Waals surface area contributed by atoms with Gasteiger partial charge in [0.25, 0.3) is 5.91 Å². The molecular formula is C20H18ClNO5S2. The Kier molecular flexibility index (Phi) is 5.27. The van der Waals surface area contributed by atoms with Crippen molar-refractivity contribution in [2.75, 3.05) is 11.5 Å². The maximum absolute atomic E-state index is 13.3. The number of thiophene rings is 1. The van der Waals surface area contributed by atoms with Crippen LogP contribution in [0.25, 0.3) is 11.0 Å². The smallest absolute Gasteiger partial charge is 0.290 e. The molecule has 1 atom stereocenters. The van der Waals surface area contributed by atoms with Gasteiger partial charge in [-0.05, 0) is 48.6 Å². The second kappa shape index (κ2) is 7.59. The molecule has 152 valence electrons. The van der Waals surface area contributed by atoms with Crippen molar-refractivity contribution in [1.29, 1.82) is 0 Å². The van der Waals surface area contributed by atoms with E-state index in [9.17, 15) is 18.0 Å². The van der Waals surface area contributed by atoms with Crippen molar-refractivity contribution >= 4 is 49.7 Å². The number of hydrogen-bond donors (Lipinski definition) is 0. The number of aryl methyl sites for hydroxylation is 1. The highest BCUT2D eigenvalue weighted by Crippen LogP contribution is 2.26. The second-order valence-electron chi connectivity index (χ2n) is 7.13. The Labute approximate surface area is 176 Å². The molecule has 1 unspecified atom stereocenters. The first-order valence-corrected chi connectivity index (χ1v) is 12.1. The second-order valence-corrected chi connectivity index (χ2v) is 10.8. The number of amides is 1. The van der Waals surface area contributed by atoms with Crippen LogP contribution in [0.3, 0.4) is 0 Å². The third kappa shape index (κ3) is 4.10. The van der Waals surface area contributed by atoms with Crippen LogP contribution in [0, 0.1) is 6.92 Å². The van der Waals surface area contributed by atoms with Gasteiger partial charge in [0.15, 0.2) is 21.0 Å². The fourth-order valence-electron chi connectivity index (χ4n) is 3.48. The van der Waals surface area contributed by atoms with Crippen LogP contribution in [0.2, 0.25) is 5.02 Å². The van der Waals surface area contributed by atoms with Crippen molar-refractivity contribution in [3.8, 4) is 0 Å². The highest BCUT2D eigenvalue weighted by molar-refractivity contribution is 7.91. The lowest BCUT2D eigenvalue weighted by Gasteiger charge is -2.27. The molecule has 0 aliphatic carbocycles. The molecule has 1 saturated heterocycles. The monoisotopic (exact) mass is 451 g/mol. The molecule has 6 nitrogen and oxygen atoms in total. The number of sulfone groups is 1. The molecule has 3 heterocycles. The third-order valence-electron chi connectivity index (χ3n) is 5.09. The molecular weight excluding hydrogens is 434 g/mol. The topological polar surface area (TPSA) is 84.7 Å². The van der Waals surface area contributed by atoms with Crippen LogP contribution in [0.4, 0.5) is 0 Å². The molecule has 0 radical (unpaired) electrons. The van der Waals surface area contributed by atoms with Gasteiger partial charge in [0, 0.05) is 22.0 Å². The Morgan fingerprint density at radius 2 is 2.10 bits per heavy atom. The summed E-state index contributed by atoms with van der Waals surface area (Å²) in [5.74, 6) is -0.640. The van der Waals surface area contributed by atoms with E-state index in [-0.39, 0.29) is 40.2 Å². The van der Waals surface area contributed by atoms with Crippen LogP contribution >= 0.6 is 22.9 Å². The van der Waals surface area contributed by atoms with E-state index in [4.69, 9.17) is 16.0 Å². The summed E-state index contributed by atoms with van der Waals surface area (Å²) in [6.45, 7) is 2.21. The molecule has 9 heteroatoms. The lowest BCUT2D eigenvalue weighted by atomic mass is 10.1. The number of fused-ring (bicyclic) bond motifs is 1. The summed E-state index contributed by atoms with van der Waals surface area (Å²) in [6, 6.07) is 7.27. The van der Waals surface area contributed by atoms with Crippen molar-refractivity contribution in [1.82, 2.24) is 4.90 Å². The molecule has 2 aromatic heterocycles. The highest BCUT2D eigenvalue weighted by Gasteiger charge is 2.36. The van der Waals surface area contributed by atoms with E-state index in [0.717, 1.165) is 16.5 Å². The van der Waals surface area contributed by atoms with Gasteiger partial charge in [-0.1, -0.05) is 11.6 Å². The quantitative estimate of drug-likeness (QED) is 0.604. The molecule has 1 aromatic carbocycles. The predicted molar refractivity (Wildman–Crippen MR) is 113 cm³/mol. The first-order chi connectivity index (χ1) is 13.7. The first kappa shape index (κ1) is 20.1. The van der Waals surface area contributed by atoms with Crippen LogP contribution in [-0.2, 0) is 16.4 Å². The molecule has 4 rings (SSSR count). The molecule has 0 bridgehead atoms. The van der Waals surface area contributed by atoms with Crippen molar-refractivity contribution in [3.05, 3.63) is 67.2 Å². The summed E-state index contributed by atoms with van der Waals surface area (Å²) in [5, 5.41) is 2.62. The van der Waals surface area contributed by atoms with Crippen LogP contribution in [0.1, 0.15) is 27.4 Å². The summed E-state index contributed by atoms with van der Waals surface area (Å²) >= 11 is 7.45. The number of nitrogens with zero attached hydrogens (tertiary/aromatic N) is 1. The van der Waals surface area contributed by atoms with Crippen molar-refractivity contribution in [2.24, 2.45) is 0 Å². The van der Waals surface area contributed by atoms with Gasteiger partial charge in [0.1, 0.15) is 5.58 Å². The Hall–Kier alpha value is -2.16. The minimum atomic E-state index is -3.19. The van der Waals surface area contributed by atoms with Crippen LogP contribution in [-0.4, -0.2) is 36.8 Å². The van der Waals surface area contributed by atoms with Crippen LogP contribution in [0.15, 0.2) is 44.9 Å². The normalized spacial score (nSPS) is 18.2. The van der Waals surface area contributed by atoms with E-state index in [1.165, 1.54) is 22.3 Å². The van der Waals surface area contributed by atoms with Gasteiger partial charge in [0.05, 0.1) is 23.4 Å². The predicted octanol–water partition coefficient (Wildman–Crippen LogP) is 3.65. The average molecular weight is 452 g/mol. The Balaban J connectivity index is 1.75. The van der Waals surface area contributed by atoms with Crippen LogP contribution in [0.5, 0.6) is 0 Å². The number of hydrogen-bond acceptors (Lipinski definition) is 6. The number of carbonyl (C=O) groups excluding carboxylic acids is 1. The van der Waals surface area contributed by atoms with Crippen molar-refractivity contribution in [2.45, 2.75) is 25.9 Å². The Morgan fingerprint density at radius 1 is 1.31 bits per heavy atom. The van der Waals surface area contributed by atoms with E-state index in [0.29, 0.717) is 11.4 Å². The fourth-order valence-corrected chi connectivity index (χ4v) is 6.29. The zero-order chi connectivity index (χ0) is 20.8. The molecule has 1 aliphatic heterocycles. The minimum absolute atomic E-state index is 0.0467. The van der Waals surface area contributed by atoms with Crippen molar-refractivity contribution in [3.63, 3.8) is 0 Å². The lowest BCUT2D eigenvalue weighted by molar-refractivity contribution is 0.0650. The fraction of sp³-hybridized carbons (Fsp3) is 0.300. The van der Waals surface area contributed by atoms with Gasteiger partial charge >= 0.3 is 0 Å². The summed E-state index contributed by atoms with van der Waals surface area (Å²) in [4.78, 5) is 28.3. The summed E-state index contributed by atoms with van der Waals surface area (Å²) < 4.78 is 29.7. The van der Waals surface area contributed by atoms with Gasteiger partial charge in [-0.3, -0.25) is 9.59 Å². The molecule has 0 spiro atoms. The summed E-state index contributed by atoms with van der Waals surface area (Å²) in [5.41, 5.74) is 0.920. The zero-order valence-corrected chi connectivity index (χ0v) is 17.9. The SMILES string of the molecule is Cc1ccsc1CN(C(=O)c1cc(=O)c2cc(Cl)ccc2o1)C1CCS(=O)(=O)C1. The summed E-state index contributed by atoms with van der Waals surface area (Å²) in [7, 11) is -3.19. The number of carbonyl (C=O) groups is 1. The Morgan fingerprint density at radius 3 is 2.76 bits per heavy atom. The van der Waals surface area contributed by atoms with Gasteiger partial charge in [0.2, 0.25) is 0 Å². The van der Waals surface area contributed by atoms with E-state index in [1.807, 2.05) is 18.4 Å². The molecule has 29 heavy (non-hydrogen) atoms. The third-order valence-corrected chi connectivity index (χ3v) is 8.09. The molecule has 0 saturated carbocycles. The lowest BCUT2D eigenvalue weighted by Crippen LogP contribution is -2.40. The number of rotatable bonds is 4. The zero-order valence-electron chi connectivity index (χ0n) is 15.6. The van der Waals surface area contributed by atoms with Gasteiger partial charge in [-0.2, -0.15) is 0 Å². The van der Waals surface area contributed by atoms with E-state index in [1.54, 1.807) is 12.1 Å². The first-order valence-electron chi connectivity index (χ1n) is 9.01. The maximum atomic E-state index is 13.3. The maximum Gasteiger partial charge on any atom is 0.290 e. The van der Waals surface area contributed by atoms with E-state index < -0.39 is 21.8 Å². The molecule has 0 N–H and O–H groups in total. The van der Waals surface area contributed by atoms with Crippen LogP contribution < -0.4 is 5.43 Å². The largest absolute Gasteiger partial charge is 0.451 e. The van der Waals surface area contributed by atoms with E-state index >= 15 is 0 Å². The number of halogens is 1. The number of benzene rings is 1. The van der Waals surface area contributed by atoms with Gasteiger partial charge in [-0.25, -0.2) is 8.42 Å². The Bertz CT molecular complexity index is 1260.